The van der Waals surface area contributed by atoms with E-state index in [1.54, 1.807) is 20.8 Å². The fraction of sp³-hybridized carbons (Fsp3) is 0.500. The van der Waals surface area contributed by atoms with E-state index in [0.29, 0.717) is 12.1 Å². The molecule has 0 aliphatic carbocycles. The summed E-state index contributed by atoms with van der Waals surface area (Å²) in [5.41, 5.74) is 0.834. The predicted molar refractivity (Wildman–Crippen MR) is 100.0 cm³/mol. The topological polar surface area (TPSA) is 91.3 Å². The molecule has 0 aromatic heterocycles. The Bertz CT molecular complexity index is 666. The van der Waals surface area contributed by atoms with Gasteiger partial charge in [-0.15, -0.1) is 0 Å². The van der Waals surface area contributed by atoms with Crippen LogP contribution in [0.4, 0.5) is 0 Å². The zero-order valence-corrected chi connectivity index (χ0v) is 16.3. The molecule has 0 aliphatic heterocycles. The van der Waals surface area contributed by atoms with Crippen molar-refractivity contribution in [2.24, 2.45) is 10.6 Å². The summed E-state index contributed by atoms with van der Waals surface area (Å²) in [6.07, 6.45) is 0.375. The molecule has 7 heteroatoms. The van der Waals surface area contributed by atoms with Crippen LogP contribution in [-0.4, -0.2) is 36.8 Å². The number of hydrogen-bond donors (Lipinski definition) is 0. The van der Waals surface area contributed by atoms with E-state index in [1.807, 2.05) is 37.3 Å². The molecule has 1 aromatic rings. The van der Waals surface area contributed by atoms with Crippen molar-refractivity contribution in [3.05, 3.63) is 35.9 Å². The highest BCUT2D eigenvalue weighted by atomic mass is 16.7. The van der Waals surface area contributed by atoms with Gasteiger partial charge in [0.1, 0.15) is 13.2 Å². The van der Waals surface area contributed by atoms with Crippen molar-refractivity contribution >= 4 is 23.6 Å². The smallest absolute Gasteiger partial charge is 0.335 e. The minimum Gasteiger partial charge on any atom is -0.462 e. The molecule has 7 nitrogen and oxygen atoms in total. The van der Waals surface area contributed by atoms with Gasteiger partial charge in [0.25, 0.3) is 0 Å². The molecular weight excluding hydrogens is 350 g/mol. The molecular formula is C20H27NO6. The van der Waals surface area contributed by atoms with Crippen LogP contribution in [0.25, 0.3) is 0 Å². The number of rotatable bonds is 10. The summed E-state index contributed by atoms with van der Waals surface area (Å²) in [5, 5.41) is 3.76. The third kappa shape index (κ3) is 8.48. The molecule has 0 saturated heterocycles. The van der Waals surface area contributed by atoms with Gasteiger partial charge in [0.2, 0.25) is 0 Å². The second kappa shape index (κ2) is 11.1. The van der Waals surface area contributed by atoms with Gasteiger partial charge in [0, 0.05) is 0 Å². The maximum Gasteiger partial charge on any atom is 0.335 e. The highest BCUT2D eigenvalue weighted by Crippen LogP contribution is 2.21. The fourth-order valence-electron chi connectivity index (χ4n) is 1.80. The molecule has 0 bridgehead atoms. The van der Waals surface area contributed by atoms with E-state index in [9.17, 15) is 14.4 Å². The van der Waals surface area contributed by atoms with Gasteiger partial charge < -0.3 is 14.3 Å². The lowest BCUT2D eigenvalue weighted by atomic mass is 9.91. The lowest BCUT2D eigenvalue weighted by Gasteiger charge is -2.20. The molecule has 27 heavy (non-hydrogen) atoms. The van der Waals surface area contributed by atoms with E-state index >= 15 is 0 Å². The number of oxime groups is 1. The van der Waals surface area contributed by atoms with Gasteiger partial charge in [0.15, 0.2) is 0 Å². The van der Waals surface area contributed by atoms with Gasteiger partial charge in [-0.25, -0.2) is 4.79 Å². The molecule has 0 amide bonds. The Balaban J connectivity index is 2.22. The predicted octanol–water partition coefficient (Wildman–Crippen LogP) is 3.26. The number of carbonyl (C=O) groups is 3. The molecule has 0 saturated carbocycles. The number of hydrogen-bond acceptors (Lipinski definition) is 7. The van der Waals surface area contributed by atoms with Gasteiger partial charge >= 0.3 is 17.9 Å². The first-order valence-electron chi connectivity index (χ1n) is 8.89. The summed E-state index contributed by atoms with van der Waals surface area (Å²) >= 11 is 0. The highest BCUT2D eigenvalue weighted by Gasteiger charge is 2.26. The molecule has 0 unspecified atom stereocenters. The van der Waals surface area contributed by atoms with Gasteiger partial charge in [0.05, 0.1) is 24.0 Å². The number of carbonyl (C=O) groups excluding carboxylic acids is 3. The van der Waals surface area contributed by atoms with Gasteiger partial charge in [-0.1, -0.05) is 42.4 Å². The lowest BCUT2D eigenvalue weighted by molar-refractivity contribution is -0.159. The van der Waals surface area contributed by atoms with Crippen LogP contribution in [0.15, 0.2) is 35.5 Å². The minimum absolute atomic E-state index is 0.0149. The van der Waals surface area contributed by atoms with Crippen LogP contribution in [0.1, 0.15) is 52.5 Å². The Morgan fingerprint density at radius 3 is 2.19 bits per heavy atom. The van der Waals surface area contributed by atoms with Crippen molar-refractivity contribution in [3.63, 3.8) is 0 Å². The number of nitrogens with zero attached hydrogens (tertiary/aromatic N) is 1. The lowest BCUT2D eigenvalue weighted by Crippen LogP contribution is -2.27. The molecule has 0 atom stereocenters. The van der Waals surface area contributed by atoms with Crippen LogP contribution in [0.3, 0.4) is 0 Å². The van der Waals surface area contributed by atoms with Crippen molar-refractivity contribution in [1.29, 1.82) is 0 Å². The summed E-state index contributed by atoms with van der Waals surface area (Å²) in [6, 6.07) is 9.27. The molecule has 0 heterocycles. The van der Waals surface area contributed by atoms with Crippen molar-refractivity contribution in [2.45, 2.75) is 47.0 Å². The normalized spacial score (nSPS) is 11.6. The SMILES string of the molecule is CCC(C)(C)C(=O)OCCOC(=O)CCC(=O)O/N=C(\C)c1ccccc1. The van der Waals surface area contributed by atoms with Gasteiger partial charge in [-0.05, 0) is 32.8 Å². The van der Waals surface area contributed by atoms with E-state index in [0.717, 1.165) is 5.56 Å². The summed E-state index contributed by atoms with van der Waals surface area (Å²) in [5.74, 6) is -1.53. The van der Waals surface area contributed by atoms with Crippen molar-refractivity contribution in [3.8, 4) is 0 Å². The standard InChI is InChI=1S/C20H27NO6/c1-5-20(3,4)19(24)26-14-13-25-17(22)11-12-18(23)27-21-15(2)16-9-7-6-8-10-16/h6-10H,5,11-14H2,1-4H3/b21-15+. The first-order chi connectivity index (χ1) is 12.8. The van der Waals surface area contributed by atoms with Crippen LogP contribution in [0.2, 0.25) is 0 Å². The maximum atomic E-state index is 11.7. The molecule has 0 fully saturated rings. The summed E-state index contributed by atoms with van der Waals surface area (Å²) in [7, 11) is 0. The van der Waals surface area contributed by atoms with Crippen LogP contribution < -0.4 is 0 Å². The highest BCUT2D eigenvalue weighted by molar-refractivity contribution is 5.98. The third-order valence-electron chi connectivity index (χ3n) is 4.03. The Kier molecular flexibility index (Phi) is 9.19. The van der Waals surface area contributed by atoms with Crippen molar-refractivity contribution < 1.29 is 28.7 Å². The van der Waals surface area contributed by atoms with E-state index < -0.39 is 17.4 Å². The Labute approximate surface area is 159 Å². The van der Waals surface area contributed by atoms with Crippen molar-refractivity contribution in [2.75, 3.05) is 13.2 Å². The van der Waals surface area contributed by atoms with E-state index in [-0.39, 0.29) is 32.0 Å². The monoisotopic (exact) mass is 377 g/mol. The molecule has 0 spiro atoms. The van der Waals surface area contributed by atoms with Crippen LogP contribution >= 0.6 is 0 Å². The third-order valence-corrected chi connectivity index (χ3v) is 4.03. The number of ether oxygens (including phenoxy) is 2. The minimum atomic E-state index is -0.627. The molecule has 0 radical (unpaired) electrons. The van der Waals surface area contributed by atoms with E-state index in [4.69, 9.17) is 14.3 Å². The Morgan fingerprint density at radius 1 is 0.963 bits per heavy atom. The molecule has 1 rings (SSSR count). The zero-order chi connectivity index (χ0) is 20.3. The fourth-order valence-corrected chi connectivity index (χ4v) is 1.80. The molecule has 0 N–H and O–H groups in total. The summed E-state index contributed by atoms with van der Waals surface area (Å²) in [6.45, 7) is 7.12. The first kappa shape index (κ1) is 22.3. The molecule has 0 aliphatic rings. The largest absolute Gasteiger partial charge is 0.462 e. The Morgan fingerprint density at radius 2 is 1.56 bits per heavy atom. The average Bonchev–Trinajstić information content (AvgIpc) is 2.68. The van der Waals surface area contributed by atoms with E-state index in [2.05, 4.69) is 5.16 Å². The Hall–Kier alpha value is -2.70. The number of esters is 2. The van der Waals surface area contributed by atoms with Crippen molar-refractivity contribution in [1.82, 2.24) is 0 Å². The number of benzene rings is 1. The van der Waals surface area contributed by atoms with Crippen LogP contribution in [0, 0.1) is 5.41 Å². The molecule has 1 aromatic carbocycles. The summed E-state index contributed by atoms with van der Waals surface area (Å²) < 4.78 is 9.98. The van der Waals surface area contributed by atoms with E-state index in [1.165, 1.54) is 0 Å². The van der Waals surface area contributed by atoms with Gasteiger partial charge in [-0.2, -0.15) is 0 Å². The second-order valence-electron chi connectivity index (χ2n) is 6.60. The maximum absolute atomic E-state index is 11.7. The zero-order valence-electron chi connectivity index (χ0n) is 16.3. The average molecular weight is 377 g/mol. The second-order valence-corrected chi connectivity index (χ2v) is 6.60. The van der Waals surface area contributed by atoms with Crippen LogP contribution in [-0.2, 0) is 28.7 Å². The molecule has 148 valence electrons. The quantitative estimate of drug-likeness (QED) is 0.204. The first-order valence-corrected chi connectivity index (χ1v) is 8.89. The van der Waals surface area contributed by atoms with Gasteiger partial charge in [-0.3, -0.25) is 9.59 Å². The van der Waals surface area contributed by atoms with Crippen LogP contribution in [0.5, 0.6) is 0 Å². The summed E-state index contributed by atoms with van der Waals surface area (Å²) in [4.78, 5) is 39.8.